The van der Waals surface area contributed by atoms with E-state index >= 15 is 0 Å². The summed E-state index contributed by atoms with van der Waals surface area (Å²) in [5.74, 6) is 1.31. The molecule has 2 aromatic carbocycles. The number of fused-ring (bicyclic) bond motifs is 4. The number of phenolic OH excluding ortho intramolecular Hbond substituents is 2. The summed E-state index contributed by atoms with van der Waals surface area (Å²) in [4.78, 5) is 0. The minimum Gasteiger partial charge on any atom is -0.504 e. The third kappa shape index (κ3) is 6.02. The van der Waals surface area contributed by atoms with Gasteiger partial charge in [0, 0.05) is 18.6 Å². The fourth-order valence-electron chi connectivity index (χ4n) is 6.69. The van der Waals surface area contributed by atoms with Gasteiger partial charge in [0.25, 0.3) is 0 Å². The quantitative estimate of drug-likeness (QED) is 0.248. The monoisotopic (exact) mass is 540 g/mol. The number of unbranched alkanes of at least 4 members (excludes halogenated alkanes) is 2. The fraction of sp³-hybridized carbons (Fsp3) is 0.636. The molecule has 2 aromatic rings. The molecule has 2 aliphatic carbocycles. The van der Waals surface area contributed by atoms with Crippen LogP contribution in [0.5, 0.6) is 23.0 Å². The second-order valence-corrected chi connectivity index (χ2v) is 12.6. The first kappa shape index (κ1) is 29.5. The van der Waals surface area contributed by atoms with Crippen LogP contribution < -0.4 is 9.47 Å². The van der Waals surface area contributed by atoms with E-state index in [1.807, 2.05) is 24.3 Å². The minimum absolute atomic E-state index is 0.128. The molecule has 0 atom stereocenters. The molecule has 0 saturated heterocycles. The van der Waals surface area contributed by atoms with Crippen LogP contribution in [0, 0.1) is 0 Å². The zero-order valence-corrected chi connectivity index (χ0v) is 24.8. The predicted molar refractivity (Wildman–Crippen MR) is 155 cm³/mol. The average molecular weight is 541 g/mol. The topological polar surface area (TPSA) is 77.4 Å². The Kier molecular flexibility index (Phi) is 9.07. The van der Waals surface area contributed by atoms with Crippen LogP contribution in [0.1, 0.15) is 102 Å². The Labute approximate surface area is 234 Å². The lowest BCUT2D eigenvalue weighted by atomic mass is 9.72. The third-order valence-corrected chi connectivity index (χ3v) is 8.43. The number of aromatic hydroxyl groups is 2. The molecule has 2 N–H and O–H groups in total. The van der Waals surface area contributed by atoms with E-state index in [0.717, 1.165) is 62.9 Å². The van der Waals surface area contributed by atoms with Crippen LogP contribution >= 0.6 is 0 Å². The molecule has 0 fully saturated rings. The minimum atomic E-state index is -0.309. The van der Waals surface area contributed by atoms with Gasteiger partial charge in [-0.15, -0.1) is 0 Å². The van der Waals surface area contributed by atoms with Crippen LogP contribution in [-0.2, 0) is 25.7 Å². The zero-order valence-electron chi connectivity index (χ0n) is 24.8. The van der Waals surface area contributed by atoms with E-state index in [0.29, 0.717) is 37.9 Å². The molecule has 6 nitrogen and oxygen atoms in total. The van der Waals surface area contributed by atoms with E-state index in [1.54, 1.807) is 0 Å². The largest absolute Gasteiger partial charge is 0.504 e. The van der Waals surface area contributed by atoms with Crippen molar-refractivity contribution in [3.8, 4) is 23.0 Å². The molecule has 0 saturated carbocycles. The highest BCUT2D eigenvalue weighted by Crippen LogP contribution is 2.64. The van der Waals surface area contributed by atoms with Gasteiger partial charge in [0.05, 0.1) is 13.2 Å². The molecule has 0 amide bonds. The third-order valence-electron chi connectivity index (χ3n) is 8.43. The number of benzene rings is 2. The first-order valence-electron chi connectivity index (χ1n) is 14.7. The van der Waals surface area contributed by atoms with Gasteiger partial charge in [-0.25, -0.2) is 0 Å². The Morgan fingerprint density at radius 2 is 1.00 bits per heavy atom. The number of ether oxygens (including phenoxy) is 4. The van der Waals surface area contributed by atoms with Crippen LogP contribution in [0.2, 0.25) is 0 Å². The van der Waals surface area contributed by atoms with Crippen molar-refractivity contribution < 1.29 is 29.2 Å². The maximum atomic E-state index is 11.0. The van der Waals surface area contributed by atoms with Crippen molar-refractivity contribution in [2.45, 2.75) is 96.3 Å². The van der Waals surface area contributed by atoms with E-state index in [4.69, 9.17) is 18.9 Å². The number of hydrogen-bond acceptors (Lipinski definition) is 6. The summed E-state index contributed by atoms with van der Waals surface area (Å²) < 4.78 is 23.2. The average Bonchev–Trinajstić information content (AvgIpc) is 3.22. The lowest BCUT2D eigenvalue weighted by Crippen LogP contribution is -2.26. The summed E-state index contributed by atoms with van der Waals surface area (Å²) in [6.45, 7) is 16.6. The maximum absolute atomic E-state index is 11.0. The van der Waals surface area contributed by atoms with Crippen molar-refractivity contribution in [2.24, 2.45) is 0 Å². The molecular weight excluding hydrogens is 492 g/mol. The Morgan fingerprint density at radius 3 is 1.38 bits per heavy atom. The fourth-order valence-corrected chi connectivity index (χ4v) is 6.69. The highest BCUT2D eigenvalue weighted by Gasteiger charge is 2.57. The summed E-state index contributed by atoms with van der Waals surface area (Å²) in [6, 6.07) is 7.84. The van der Waals surface area contributed by atoms with Crippen LogP contribution in [0.3, 0.4) is 0 Å². The van der Waals surface area contributed by atoms with Gasteiger partial charge in [0.15, 0.2) is 23.0 Å². The Hall–Kier alpha value is -2.44. The summed E-state index contributed by atoms with van der Waals surface area (Å²) in [7, 11) is 0. The molecule has 0 aromatic heterocycles. The number of phenols is 2. The SMILES string of the molecule is CCCCOCCOc1cc2c(cc1O)C1(CC2(C)C)CC(C)(C)c2cc(OCCOCCCC)c(O)cc21. The molecule has 0 bridgehead atoms. The van der Waals surface area contributed by atoms with Gasteiger partial charge in [-0.2, -0.15) is 0 Å². The zero-order chi connectivity index (χ0) is 28.3. The summed E-state index contributed by atoms with van der Waals surface area (Å²) in [5, 5.41) is 22.1. The van der Waals surface area contributed by atoms with Gasteiger partial charge in [0.2, 0.25) is 0 Å². The normalized spacial score (nSPS) is 17.8. The highest BCUT2D eigenvalue weighted by molar-refractivity contribution is 5.65. The molecular formula is C33H48O6. The molecule has 4 rings (SSSR count). The van der Waals surface area contributed by atoms with Crippen molar-refractivity contribution in [2.75, 3.05) is 39.6 Å². The molecule has 0 heterocycles. The highest BCUT2D eigenvalue weighted by atomic mass is 16.5. The molecule has 2 aliphatic rings. The summed E-state index contributed by atoms with van der Waals surface area (Å²) in [5.41, 5.74) is 4.07. The van der Waals surface area contributed by atoms with Gasteiger partial charge in [0.1, 0.15) is 13.2 Å². The van der Waals surface area contributed by atoms with Crippen molar-refractivity contribution in [1.82, 2.24) is 0 Å². The molecule has 0 radical (unpaired) electrons. The smallest absolute Gasteiger partial charge is 0.161 e. The standard InChI is InChI=1S/C33H48O6/c1-7-9-11-36-13-15-38-29-19-23-25(17-27(29)34)33(21-31(23,3)4)22-32(5,6)24-20-30(28(35)18-26(24)33)39-16-14-37-12-10-8-2/h17-20,34-35H,7-16,21-22H2,1-6H3. The van der Waals surface area contributed by atoms with Gasteiger partial charge in [-0.3, -0.25) is 0 Å². The number of rotatable bonds is 14. The molecule has 0 aliphatic heterocycles. The molecule has 1 spiro atoms. The first-order chi connectivity index (χ1) is 18.6. The van der Waals surface area contributed by atoms with Crippen LogP contribution in [-0.4, -0.2) is 49.9 Å². The summed E-state index contributed by atoms with van der Waals surface area (Å²) in [6.07, 6.45) is 6.05. The van der Waals surface area contributed by atoms with E-state index in [9.17, 15) is 10.2 Å². The van der Waals surface area contributed by atoms with Crippen LogP contribution in [0.15, 0.2) is 24.3 Å². The molecule has 39 heavy (non-hydrogen) atoms. The lowest BCUT2D eigenvalue weighted by Gasteiger charge is -2.30. The Balaban J connectivity index is 1.60. The van der Waals surface area contributed by atoms with Crippen molar-refractivity contribution in [3.05, 3.63) is 46.5 Å². The summed E-state index contributed by atoms with van der Waals surface area (Å²) >= 11 is 0. The lowest BCUT2D eigenvalue weighted by molar-refractivity contribution is 0.0970. The van der Waals surface area contributed by atoms with E-state index < -0.39 is 0 Å². The van der Waals surface area contributed by atoms with E-state index in [1.165, 1.54) is 11.1 Å². The maximum Gasteiger partial charge on any atom is 0.161 e. The molecule has 0 unspecified atom stereocenters. The van der Waals surface area contributed by atoms with Crippen molar-refractivity contribution in [3.63, 3.8) is 0 Å². The van der Waals surface area contributed by atoms with E-state index in [-0.39, 0.29) is 27.7 Å². The Morgan fingerprint density at radius 1 is 0.590 bits per heavy atom. The Bertz CT molecular complexity index is 1050. The van der Waals surface area contributed by atoms with Gasteiger partial charge in [-0.05, 0) is 83.0 Å². The first-order valence-corrected chi connectivity index (χ1v) is 14.7. The van der Waals surface area contributed by atoms with Crippen LogP contribution in [0.4, 0.5) is 0 Å². The van der Waals surface area contributed by atoms with Crippen molar-refractivity contribution >= 4 is 0 Å². The second-order valence-electron chi connectivity index (χ2n) is 12.6. The molecule has 216 valence electrons. The van der Waals surface area contributed by atoms with Crippen molar-refractivity contribution in [1.29, 1.82) is 0 Å². The van der Waals surface area contributed by atoms with Gasteiger partial charge < -0.3 is 29.2 Å². The van der Waals surface area contributed by atoms with Gasteiger partial charge in [-0.1, -0.05) is 54.4 Å². The van der Waals surface area contributed by atoms with Crippen LogP contribution in [0.25, 0.3) is 0 Å². The predicted octanol–water partition coefficient (Wildman–Crippen LogP) is 7.14. The van der Waals surface area contributed by atoms with Gasteiger partial charge >= 0.3 is 0 Å². The van der Waals surface area contributed by atoms with E-state index in [2.05, 4.69) is 41.5 Å². The number of hydrogen-bond donors (Lipinski definition) is 2. The second kappa shape index (κ2) is 12.0. The molecule has 6 heteroatoms.